The van der Waals surface area contributed by atoms with Crippen molar-refractivity contribution in [2.45, 2.75) is 32.1 Å². The summed E-state index contributed by atoms with van der Waals surface area (Å²) in [5, 5.41) is 35.1. The fraction of sp³-hybridized carbons (Fsp3) is 0.152. The van der Waals surface area contributed by atoms with Gasteiger partial charge < -0.3 is 0 Å². The minimum Gasteiger partial charge on any atom is -0.126 e. The minimum atomic E-state index is -0.174. The summed E-state index contributed by atoms with van der Waals surface area (Å²) < 4.78 is 0. The molecule has 0 N–H and O–H groups in total. The van der Waals surface area contributed by atoms with Gasteiger partial charge in [0.25, 0.3) is 0 Å². The van der Waals surface area contributed by atoms with Crippen LogP contribution >= 0.6 is 0 Å². The molecule has 0 unspecified atom stereocenters. The van der Waals surface area contributed by atoms with Crippen molar-refractivity contribution in [1.82, 2.24) is 40.8 Å². The van der Waals surface area contributed by atoms with E-state index in [1.165, 1.54) is 22.3 Å². The van der Waals surface area contributed by atoms with Gasteiger partial charge in [-0.1, -0.05) is 98.8 Å². The molecular weight excluding hydrogens is 508 g/mol. The lowest BCUT2D eigenvalue weighted by Gasteiger charge is -2.30. The molecule has 0 aliphatic heterocycles. The first-order chi connectivity index (χ1) is 20.2. The van der Waals surface area contributed by atoms with E-state index in [1.54, 1.807) is 0 Å². The van der Waals surface area contributed by atoms with Crippen LogP contribution in [0.25, 0.3) is 56.7 Å². The van der Waals surface area contributed by atoms with Gasteiger partial charge in [0, 0.05) is 27.7 Å². The second kappa shape index (κ2) is 10.1. The number of rotatable bonds is 6. The maximum absolute atomic E-state index is 4.43. The van der Waals surface area contributed by atoms with Crippen molar-refractivity contribution in [1.29, 1.82) is 0 Å². The highest BCUT2D eigenvalue weighted by molar-refractivity contribution is 5.85. The summed E-state index contributed by atoms with van der Waals surface area (Å²) in [5.74, 6) is 2.04. The van der Waals surface area contributed by atoms with E-state index in [1.807, 2.05) is 60.7 Å². The summed E-state index contributed by atoms with van der Waals surface area (Å²) in [6.45, 7) is 4.48. The summed E-state index contributed by atoms with van der Waals surface area (Å²) in [5.41, 5.74) is 8.37. The predicted molar refractivity (Wildman–Crippen MR) is 157 cm³/mol. The molecule has 0 amide bonds. The second-order valence-electron chi connectivity index (χ2n) is 10.1. The normalized spacial score (nSPS) is 13.0. The molecule has 0 fully saturated rings. The standard InChI is InChI=1S/C33H26N8/c1-3-33(4-2)27-19-23(31-38-34-29(35-39-31)21-11-7-5-8-12-21)15-17-25(27)26-18-16-24(20-28(26)33)32-40-36-30(37-41-32)22-13-9-6-10-14-22/h5-20H,3-4H2,1-2H3. The van der Waals surface area contributed by atoms with Crippen molar-refractivity contribution in [2.75, 3.05) is 0 Å². The lowest BCUT2D eigenvalue weighted by atomic mass is 9.73. The molecule has 2 aromatic heterocycles. The third kappa shape index (κ3) is 4.15. The van der Waals surface area contributed by atoms with E-state index in [0.29, 0.717) is 23.3 Å². The fourth-order valence-corrected chi connectivity index (χ4v) is 5.88. The second-order valence-corrected chi connectivity index (χ2v) is 10.1. The molecule has 0 bridgehead atoms. The summed E-state index contributed by atoms with van der Waals surface area (Å²) in [6.07, 6.45) is 1.87. The van der Waals surface area contributed by atoms with Gasteiger partial charge in [0.2, 0.25) is 23.3 Å². The van der Waals surface area contributed by atoms with Gasteiger partial charge in [0.05, 0.1) is 0 Å². The maximum atomic E-state index is 4.43. The van der Waals surface area contributed by atoms with Crippen LogP contribution < -0.4 is 0 Å². The van der Waals surface area contributed by atoms with E-state index in [2.05, 4.69) is 91.0 Å². The lowest BCUT2D eigenvalue weighted by molar-refractivity contribution is 0.490. The molecule has 198 valence electrons. The molecule has 0 atom stereocenters. The number of aromatic nitrogens is 8. The smallest absolute Gasteiger partial charge is 0.126 e. The molecule has 41 heavy (non-hydrogen) atoms. The highest BCUT2D eigenvalue weighted by Gasteiger charge is 2.41. The number of hydrogen-bond acceptors (Lipinski definition) is 8. The summed E-state index contributed by atoms with van der Waals surface area (Å²) in [4.78, 5) is 0. The lowest BCUT2D eigenvalue weighted by Crippen LogP contribution is -2.23. The minimum absolute atomic E-state index is 0.174. The maximum Gasteiger partial charge on any atom is 0.203 e. The Hall–Kier alpha value is -5.24. The van der Waals surface area contributed by atoms with Crippen molar-refractivity contribution in [3.05, 3.63) is 108 Å². The quantitative estimate of drug-likeness (QED) is 0.235. The van der Waals surface area contributed by atoms with E-state index in [-0.39, 0.29) is 5.41 Å². The highest BCUT2D eigenvalue weighted by Crippen LogP contribution is 2.54. The third-order valence-electron chi connectivity index (χ3n) is 8.11. The number of benzene rings is 4. The van der Waals surface area contributed by atoms with E-state index in [9.17, 15) is 0 Å². The summed E-state index contributed by atoms with van der Waals surface area (Å²) in [7, 11) is 0. The van der Waals surface area contributed by atoms with Gasteiger partial charge in [-0.15, -0.1) is 40.8 Å². The van der Waals surface area contributed by atoms with Gasteiger partial charge in [0.1, 0.15) is 0 Å². The van der Waals surface area contributed by atoms with Crippen molar-refractivity contribution >= 4 is 0 Å². The monoisotopic (exact) mass is 534 g/mol. The zero-order chi connectivity index (χ0) is 27.8. The van der Waals surface area contributed by atoms with Gasteiger partial charge in [-0.3, -0.25) is 0 Å². The molecule has 0 saturated carbocycles. The SMILES string of the molecule is CCC1(CC)c2cc(-c3nnc(-c4ccccc4)nn3)ccc2-c2ccc(-c3nnc(-c4ccccc4)nn3)cc21. The van der Waals surface area contributed by atoms with Crippen LogP contribution in [0.1, 0.15) is 37.8 Å². The Labute approximate surface area is 237 Å². The van der Waals surface area contributed by atoms with Gasteiger partial charge in [-0.05, 0) is 47.2 Å². The molecule has 0 radical (unpaired) electrons. The Morgan fingerprint density at radius 2 is 0.756 bits per heavy atom. The molecule has 1 aliphatic carbocycles. The highest BCUT2D eigenvalue weighted by atomic mass is 15.3. The first-order valence-electron chi connectivity index (χ1n) is 13.8. The summed E-state index contributed by atoms with van der Waals surface area (Å²) >= 11 is 0. The Bertz CT molecular complexity index is 1700. The van der Waals surface area contributed by atoms with Crippen LogP contribution in [0.3, 0.4) is 0 Å². The Balaban J connectivity index is 1.25. The van der Waals surface area contributed by atoms with Crippen LogP contribution in [-0.2, 0) is 5.41 Å². The summed E-state index contributed by atoms with van der Waals surface area (Å²) in [6, 6.07) is 32.4. The van der Waals surface area contributed by atoms with Crippen molar-refractivity contribution in [3.63, 3.8) is 0 Å². The predicted octanol–water partition coefficient (Wildman–Crippen LogP) is 6.60. The van der Waals surface area contributed by atoms with Crippen molar-refractivity contribution in [3.8, 4) is 56.7 Å². The zero-order valence-corrected chi connectivity index (χ0v) is 22.7. The van der Waals surface area contributed by atoms with Crippen LogP contribution in [0.5, 0.6) is 0 Å². The Morgan fingerprint density at radius 3 is 1.10 bits per heavy atom. The average molecular weight is 535 g/mol. The molecule has 8 heteroatoms. The Morgan fingerprint density at radius 1 is 0.415 bits per heavy atom. The molecule has 4 aromatic carbocycles. The third-order valence-corrected chi connectivity index (χ3v) is 8.11. The van der Waals surface area contributed by atoms with Crippen LogP contribution in [-0.4, -0.2) is 40.8 Å². The molecule has 0 spiro atoms. The molecule has 8 nitrogen and oxygen atoms in total. The van der Waals surface area contributed by atoms with Gasteiger partial charge in [-0.25, -0.2) is 0 Å². The Kier molecular flexibility index (Phi) is 6.08. The number of fused-ring (bicyclic) bond motifs is 3. The van der Waals surface area contributed by atoms with Crippen LogP contribution in [0, 0.1) is 0 Å². The zero-order valence-electron chi connectivity index (χ0n) is 22.7. The van der Waals surface area contributed by atoms with Gasteiger partial charge in [-0.2, -0.15) is 0 Å². The van der Waals surface area contributed by atoms with E-state index >= 15 is 0 Å². The number of nitrogens with zero attached hydrogens (tertiary/aromatic N) is 8. The van der Waals surface area contributed by atoms with E-state index in [0.717, 1.165) is 35.1 Å². The first-order valence-corrected chi connectivity index (χ1v) is 13.8. The molecule has 7 rings (SSSR count). The van der Waals surface area contributed by atoms with Crippen LogP contribution in [0.15, 0.2) is 97.1 Å². The number of hydrogen-bond donors (Lipinski definition) is 0. The van der Waals surface area contributed by atoms with Crippen LogP contribution in [0.2, 0.25) is 0 Å². The molecule has 0 saturated heterocycles. The van der Waals surface area contributed by atoms with Crippen LogP contribution in [0.4, 0.5) is 0 Å². The van der Waals surface area contributed by atoms with Crippen molar-refractivity contribution < 1.29 is 0 Å². The largest absolute Gasteiger partial charge is 0.203 e. The molecular formula is C33H26N8. The molecule has 2 heterocycles. The average Bonchev–Trinajstić information content (AvgIpc) is 3.34. The topological polar surface area (TPSA) is 103 Å². The van der Waals surface area contributed by atoms with Gasteiger partial charge >= 0.3 is 0 Å². The first kappa shape index (κ1) is 24.8. The van der Waals surface area contributed by atoms with E-state index in [4.69, 9.17) is 0 Å². The van der Waals surface area contributed by atoms with Crippen molar-refractivity contribution in [2.24, 2.45) is 0 Å². The van der Waals surface area contributed by atoms with E-state index < -0.39 is 0 Å². The fourth-order valence-electron chi connectivity index (χ4n) is 5.88. The van der Waals surface area contributed by atoms with Gasteiger partial charge in [0.15, 0.2) is 0 Å². The molecule has 6 aromatic rings. The molecule has 1 aliphatic rings.